The summed E-state index contributed by atoms with van der Waals surface area (Å²) in [5.41, 5.74) is -0.503. The molecule has 0 atom stereocenters. The van der Waals surface area contributed by atoms with Crippen molar-refractivity contribution in [3.8, 4) is 0 Å². The van der Waals surface area contributed by atoms with Crippen molar-refractivity contribution in [3.05, 3.63) is 10.6 Å². The summed E-state index contributed by atoms with van der Waals surface area (Å²) < 4.78 is 24.4. The largest absolute Gasteiger partial charge is 0.314 e. The molecule has 0 heterocycles. The van der Waals surface area contributed by atoms with Crippen LogP contribution in [0.1, 0.15) is 13.3 Å². The highest BCUT2D eigenvalue weighted by atomic mass is 35.5. The Kier molecular flexibility index (Phi) is 1.55. The van der Waals surface area contributed by atoms with E-state index in [2.05, 4.69) is 0 Å². The lowest BCUT2D eigenvalue weighted by Crippen LogP contribution is -2.03. The third kappa shape index (κ3) is 0.850. The Balaban J connectivity index is 2.71. The Morgan fingerprint density at radius 3 is 2.20 bits per heavy atom. The van der Waals surface area contributed by atoms with E-state index in [0.717, 1.165) is 0 Å². The Morgan fingerprint density at radius 1 is 1.70 bits per heavy atom. The van der Waals surface area contributed by atoms with Crippen LogP contribution in [0.15, 0.2) is 10.6 Å². The minimum atomic E-state index is -3.10. The van der Waals surface area contributed by atoms with Crippen molar-refractivity contribution in [3.63, 3.8) is 0 Å². The second-order valence-electron chi connectivity index (χ2n) is 2.04. The van der Waals surface area contributed by atoms with Gasteiger partial charge in [0, 0.05) is 6.42 Å². The first-order valence-corrected chi connectivity index (χ1v) is 3.21. The van der Waals surface area contributed by atoms with Crippen molar-refractivity contribution >= 4 is 17.4 Å². The zero-order valence-electron chi connectivity index (χ0n) is 5.25. The van der Waals surface area contributed by atoms with Crippen LogP contribution in [0.2, 0.25) is 0 Å². The fourth-order valence-corrected chi connectivity index (χ4v) is 0.954. The maximum absolute atomic E-state index is 12.2. The predicted molar refractivity (Wildman–Crippen MR) is 33.1 cm³/mol. The van der Waals surface area contributed by atoms with Crippen molar-refractivity contribution in [1.82, 2.24) is 0 Å². The molecule has 0 aromatic heterocycles. The van der Waals surface area contributed by atoms with Crippen LogP contribution in [0.25, 0.3) is 0 Å². The topological polar surface area (TPSA) is 17.1 Å². The molecule has 1 aliphatic carbocycles. The molecule has 0 radical (unpaired) electrons. The van der Waals surface area contributed by atoms with Gasteiger partial charge in [-0.15, -0.1) is 0 Å². The smallest absolute Gasteiger partial charge is 0.294 e. The first kappa shape index (κ1) is 7.66. The van der Waals surface area contributed by atoms with Gasteiger partial charge in [-0.25, -0.2) is 0 Å². The predicted octanol–water partition coefficient (Wildman–Crippen LogP) is 2.11. The summed E-state index contributed by atoms with van der Waals surface area (Å²) in [6.07, 6.45) is 0.0845. The molecule has 0 N–H and O–H groups in total. The van der Waals surface area contributed by atoms with Gasteiger partial charge in [0.05, 0.1) is 5.57 Å². The van der Waals surface area contributed by atoms with E-state index < -0.39 is 22.3 Å². The number of hydrogen-bond acceptors (Lipinski definition) is 1. The van der Waals surface area contributed by atoms with Gasteiger partial charge in [-0.3, -0.25) is 4.79 Å². The molecular weight excluding hydrogens is 162 g/mol. The third-order valence-electron chi connectivity index (χ3n) is 1.35. The van der Waals surface area contributed by atoms with Gasteiger partial charge in [-0.1, -0.05) is 18.5 Å². The number of carbonyl (C=O) groups is 1. The summed E-state index contributed by atoms with van der Waals surface area (Å²) in [5, 5.41) is -0.584. The summed E-state index contributed by atoms with van der Waals surface area (Å²) in [6.45, 7) is 1.52. The molecule has 1 nitrogen and oxygen atoms in total. The standard InChI is InChI=1S/C6H5ClF2O/c1-2-3(10)4-5(7)6(4,8)9/h2H2,1H3. The molecule has 0 spiro atoms. The van der Waals surface area contributed by atoms with Crippen LogP contribution in [-0.4, -0.2) is 11.7 Å². The zero-order chi connectivity index (χ0) is 7.94. The third-order valence-corrected chi connectivity index (χ3v) is 1.77. The summed E-state index contributed by atoms with van der Waals surface area (Å²) in [6, 6.07) is 0. The van der Waals surface area contributed by atoms with Crippen molar-refractivity contribution in [2.75, 3.05) is 0 Å². The quantitative estimate of drug-likeness (QED) is 0.614. The maximum atomic E-state index is 12.2. The van der Waals surface area contributed by atoms with Crippen LogP contribution in [0.4, 0.5) is 8.78 Å². The van der Waals surface area contributed by atoms with Gasteiger partial charge in [0.15, 0.2) is 5.78 Å². The van der Waals surface area contributed by atoms with Crippen molar-refractivity contribution in [2.45, 2.75) is 19.3 Å². The zero-order valence-corrected chi connectivity index (χ0v) is 6.01. The van der Waals surface area contributed by atoms with Crippen molar-refractivity contribution in [1.29, 1.82) is 0 Å². The summed E-state index contributed by atoms with van der Waals surface area (Å²) >= 11 is 5.03. The SMILES string of the molecule is CCC(=O)C1=C(Cl)C1(F)F. The van der Waals surface area contributed by atoms with E-state index >= 15 is 0 Å². The molecule has 56 valence electrons. The Hall–Kier alpha value is -0.440. The summed E-state index contributed by atoms with van der Waals surface area (Å²) in [4.78, 5) is 10.6. The second-order valence-corrected chi connectivity index (χ2v) is 2.42. The minimum Gasteiger partial charge on any atom is -0.294 e. The normalized spacial score (nSPS) is 21.2. The Labute approximate surface area is 61.7 Å². The summed E-state index contributed by atoms with van der Waals surface area (Å²) in [7, 11) is 0. The molecule has 10 heavy (non-hydrogen) atoms. The number of rotatable bonds is 2. The Morgan fingerprint density at radius 2 is 2.10 bits per heavy atom. The van der Waals surface area contributed by atoms with Crippen LogP contribution in [0.5, 0.6) is 0 Å². The fourth-order valence-electron chi connectivity index (χ4n) is 0.683. The van der Waals surface area contributed by atoms with Gasteiger partial charge in [0.1, 0.15) is 5.03 Å². The highest BCUT2D eigenvalue weighted by Gasteiger charge is 2.58. The molecule has 1 rings (SSSR count). The fraction of sp³-hybridized carbons (Fsp3) is 0.500. The molecule has 0 saturated heterocycles. The van der Waals surface area contributed by atoms with E-state index in [-0.39, 0.29) is 6.42 Å². The van der Waals surface area contributed by atoms with Gasteiger partial charge < -0.3 is 0 Å². The van der Waals surface area contributed by atoms with Gasteiger partial charge in [-0.2, -0.15) is 8.78 Å². The number of Topliss-reactive ketones (excluding diaryl/α,β-unsaturated/α-hetero) is 1. The van der Waals surface area contributed by atoms with Crippen LogP contribution in [0, 0.1) is 0 Å². The van der Waals surface area contributed by atoms with E-state index in [0.29, 0.717) is 0 Å². The molecule has 0 saturated carbocycles. The van der Waals surface area contributed by atoms with Gasteiger partial charge >= 0.3 is 5.92 Å². The van der Waals surface area contributed by atoms with Crippen molar-refractivity contribution in [2.24, 2.45) is 0 Å². The molecule has 0 amide bonds. The molecule has 0 aromatic carbocycles. The van der Waals surface area contributed by atoms with Crippen molar-refractivity contribution < 1.29 is 13.6 Å². The molecule has 0 unspecified atom stereocenters. The lowest BCUT2D eigenvalue weighted by molar-refractivity contribution is -0.116. The monoisotopic (exact) mass is 166 g/mol. The number of allylic oxidation sites excluding steroid dienone is 2. The van der Waals surface area contributed by atoms with Gasteiger partial charge in [-0.05, 0) is 0 Å². The number of hydrogen-bond donors (Lipinski definition) is 0. The van der Waals surface area contributed by atoms with Crippen LogP contribution >= 0.6 is 11.6 Å². The number of halogens is 3. The van der Waals surface area contributed by atoms with E-state index in [1.54, 1.807) is 0 Å². The highest BCUT2D eigenvalue weighted by Crippen LogP contribution is 2.52. The molecular formula is C6H5ClF2O. The number of carbonyl (C=O) groups excluding carboxylic acids is 1. The molecule has 0 bridgehead atoms. The van der Waals surface area contributed by atoms with E-state index in [9.17, 15) is 13.6 Å². The first-order chi connectivity index (χ1) is 4.51. The highest BCUT2D eigenvalue weighted by molar-refractivity contribution is 6.38. The second kappa shape index (κ2) is 2.02. The van der Waals surface area contributed by atoms with E-state index in [1.165, 1.54) is 6.92 Å². The molecule has 0 fully saturated rings. The maximum Gasteiger partial charge on any atom is 0.314 e. The average Bonchev–Trinajstić information content (AvgIpc) is 2.33. The minimum absolute atomic E-state index is 0.0845. The molecule has 0 aliphatic heterocycles. The van der Waals surface area contributed by atoms with Crippen LogP contribution < -0.4 is 0 Å². The average molecular weight is 167 g/mol. The Bertz CT molecular complexity index is 220. The first-order valence-electron chi connectivity index (χ1n) is 2.83. The number of ketones is 1. The van der Waals surface area contributed by atoms with Crippen LogP contribution in [0.3, 0.4) is 0 Å². The lowest BCUT2D eigenvalue weighted by Gasteiger charge is -1.91. The molecule has 4 heteroatoms. The van der Waals surface area contributed by atoms with E-state index in [4.69, 9.17) is 11.6 Å². The van der Waals surface area contributed by atoms with Crippen LogP contribution in [-0.2, 0) is 4.79 Å². The van der Waals surface area contributed by atoms with E-state index in [1.807, 2.05) is 0 Å². The molecule has 1 aliphatic rings. The van der Waals surface area contributed by atoms with Gasteiger partial charge in [0.25, 0.3) is 0 Å². The number of alkyl halides is 2. The van der Waals surface area contributed by atoms with Gasteiger partial charge in [0.2, 0.25) is 0 Å². The summed E-state index contributed by atoms with van der Waals surface area (Å²) in [5.74, 6) is -3.66. The lowest BCUT2D eigenvalue weighted by atomic mass is 10.2. The molecule has 0 aromatic rings.